The van der Waals surface area contributed by atoms with Gasteiger partial charge in [0.2, 0.25) is 0 Å². The fraction of sp³-hybridized carbons (Fsp3) is 0.571. The Labute approximate surface area is 98.0 Å². The van der Waals surface area contributed by atoms with Crippen LogP contribution in [0.15, 0.2) is 24.3 Å². The van der Waals surface area contributed by atoms with Gasteiger partial charge in [0.15, 0.2) is 0 Å². The molecule has 0 bridgehead atoms. The summed E-state index contributed by atoms with van der Waals surface area (Å²) in [5.41, 5.74) is 2.69. The van der Waals surface area contributed by atoms with Gasteiger partial charge in [-0.15, -0.1) is 0 Å². The molecular formula is C14H21NO. The minimum atomic E-state index is 0.478. The van der Waals surface area contributed by atoms with Gasteiger partial charge in [0, 0.05) is 25.6 Å². The average Bonchev–Trinajstić information content (AvgIpc) is 3.09. The predicted molar refractivity (Wildman–Crippen MR) is 66.8 cm³/mol. The van der Waals surface area contributed by atoms with Crippen molar-refractivity contribution in [1.82, 2.24) is 5.32 Å². The van der Waals surface area contributed by atoms with E-state index in [2.05, 4.69) is 36.5 Å². The van der Waals surface area contributed by atoms with Crippen LogP contribution in [0.4, 0.5) is 0 Å². The van der Waals surface area contributed by atoms with Crippen molar-refractivity contribution in [2.24, 2.45) is 0 Å². The highest BCUT2D eigenvalue weighted by Crippen LogP contribution is 2.21. The monoisotopic (exact) mass is 219 g/mol. The first kappa shape index (κ1) is 11.6. The third-order valence-electron chi connectivity index (χ3n) is 3.15. The molecule has 0 aliphatic heterocycles. The molecule has 1 atom stereocenters. The predicted octanol–water partition coefficient (Wildman–Crippen LogP) is 2.48. The van der Waals surface area contributed by atoms with Crippen LogP contribution in [-0.2, 0) is 4.74 Å². The lowest BCUT2D eigenvalue weighted by molar-refractivity contribution is 0.177. The van der Waals surface area contributed by atoms with Crippen LogP contribution in [0.2, 0.25) is 0 Å². The zero-order chi connectivity index (χ0) is 11.4. The molecule has 2 rings (SSSR count). The third-order valence-corrected chi connectivity index (χ3v) is 3.15. The topological polar surface area (TPSA) is 21.3 Å². The second-order valence-corrected chi connectivity index (χ2v) is 4.75. The number of nitrogens with one attached hydrogen (secondary N) is 1. The molecule has 1 fully saturated rings. The molecule has 1 unspecified atom stereocenters. The number of aryl methyl sites for hydroxylation is 1. The van der Waals surface area contributed by atoms with Gasteiger partial charge in [-0.1, -0.05) is 29.8 Å². The van der Waals surface area contributed by atoms with Crippen molar-refractivity contribution in [3.05, 3.63) is 35.4 Å². The van der Waals surface area contributed by atoms with E-state index in [4.69, 9.17) is 4.74 Å². The molecule has 1 aromatic carbocycles. The van der Waals surface area contributed by atoms with Crippen LogP contribution >= 0.6 is 0 Å². The van der Waals surface area contributed by atoms with Gasteiger partial charge >= 0.3 is 0 Å². The highest BCUT2D eigenvalue weighted by atomic mass is 16.5. The minimum absolute atomic E-state index is 0.478. The summed E-state index contributed by atoms with van der Waals surface area (Å²) in [6, 6.07) is 9.55. The normalized spacial score (nSPS) is 17.4. The average molecular weight is 219 g/mol. The van der Waals surface area contributed by atoms with Crippen LogP contribution in [0.5, 0.6) is 0 Å². The quantitative estimate of drug-likeness (QED) is 0.793. The van der Waals surface area contributed by atoms with Gasteiger partial charge in [-0.2, -0.15) is 0 Å². The van der Waals surface area contributed by atoms with E-state index in [0.717, 1.165) is 19.2 Å². The molecule has 1 aliphatic carbocycles. The first-order chi connectivity index (χ1) is 7.79. The van der Waals surface area contributed by atoms with Gasteiger partial charge in [-0.25, -0.2) is 0 Å². The molecule has 1 saturated carbocycles. The van der Waals surface area contributed by atoms with Crippen molar-refractivity contribution < 1.29 is 4.74 Å². The van der Waals surface area contributed by atoms with E-state index in [1.165, 1.54) is 24.0 Å². The standard InChI is InChI=1S/C14H21NO/c1-11-3-5-12(6-4-11)13(10-16-2)9-15-14-7-8-14/h3-6,13-15H,7-10H2,1-2H3. The molecule has 0 radical (unpaired) electrons. The maximum absolute atomic E-state index is 5.30. The van der Waals surface area contributed by atoms with Crippen LogP contribution in [-0.4, -0.2) is 26.3 Å². The van der Waals surface area contributed by atoms with E-state index in [1.807, 2.05) is 0 Å². The zero-order valence-corrected chi connectivity index (χ0v) is 10.2. The lowest BCUT2D eigenvalue weighted by Gasteiger charge is -2.17. The molecule has 0 saturated heterocycles. The summed E-state index contributed by atoms with van der Waals surface area (Å²) >= 11 is 0. The van der Waals surface area contributed by atoms with Crippen LogP contribution in [0.1, 0.15) is 29.9 Å². The molecule has 16 heavy (non-hydrogen) atoms. The van der Waals surface area contributed by atoms with Crippen molar-refractivity contribution in [1.29, 1.82) is 0 Å². The van der Waals surface area contributed by atoms with Crippen LogP contribution in [0.3, 0.4) is 0 Å². The first-order valence-electron chi connectivity index (χ1n) is 6.08. The summed E-state index contributed by atoms with van der Waals surface area (Å²) in [4.78, 5) is 0. The Morgan fingerprint density at radius 1 is 1.31 bits per heavy atom. The Bertz CT molecular complexity index is 316. The summed E-state index contributed by atoms with van der Waals surface area (Å²) < 4.78 is 5.30. The lowest BCUT2D eigenvalue weighted by atomic mass is 9.99. The second kappa shape index (κ2) is 5.46. The highest BCUT2D eigenvalue weighted by molar-refractivity contribution is 5.25. The van der Waals surface area contributed by atoms with Gasteiger partial charge in [-0.3, -0.25) is 0 Å². The van der Waals surface area contributed by atoms with Crippen molar-refractivity contribution in [2.45, 2.75) is 31.7 Å². The molecule has 2 nitrogen and oxygen atoms in total. The molecule has 0 aromatic heterocycles. The van der Waals surface area contributed by atoms with E-state index in [1.54, 1.807) is 7.11 Å². The Kier molecular flexibility index (Phi) is 3.97. The number of benzene rings is 1. The first-order valence-corrected chi connectivity index (χ1v) is 6.08. The van der Waals surface area contributed by atoms with Crippen LogP contribution in [0.25, 0.3) is 0 Å². The van der Waals surface area contributed by atoms with E-state index >= 15 is 0 Å². The molecule has 88 valence electrons. The summed E-state index contributed by atoms with van der Waals surface area (Å²) in [6.07, 6.45) is 2.68. The second-order valence-electron chi connectivity index (χ2n) is 4.75. The molecule has 0 heterocycles. The Hall–Kier alpha value is -0.860. The molecule has 1 aliphatic rings. The number of ether oxygens (including phenoxy) is 1. The molecule has 1 N–H and O–H groups in total. The zero-order valence-electron chi connectivity index (χ0n) is 10.2. The fourth-order valence-corrected chi connectivity index (χ4v) is 1.91. The maximum Gasteiger partial charge on any atom is 0.0543 e. The Morgan fingerprint density at radius 3 is 2.56 bits per heavy atom. The molecular weight excluding hydrogens is 198 g/mol. The van der Waals surface area contributed by atoms with E-state index in [-0.39, 0.29) is 0 Å². The van der Waals surface area contributed by atoms with E-state index < -0.39 is 0 Å². The van der Waals surface area contributed by atoms with Crippen molar-refractivity contribution in [3.8, 4) is 0 Å². The van der Waals surface area contributed by atoms with Gasteiger partial charge in [-0.05, 0) is 25.3 Å². The largest absolute Gasteiger partial charge is 0.384 e. The Morgan fingerprint density at radius 2 is 2.00 bits per heavy atom. The van der Waals surface area contributed by atoms with Gasteiger partial charge in [0.25, 0.3) is 0 Å². The lowest BCUT2D eigenvalue weighted by Crippen LogP contribution is -2.26. The van der Waals surface area contributed by atoms with E-state index in [0.29, 0.717) is 5.92 Å². The van der Waals surface area contributed by atoms with Gasteiger partial charge in [0.05, 0.1) is 6.61 Å². The number of methoxy groups -OCH3 is 1. The van der Waals surface area contributed by atoms with Crippen molar-refractivity contribution in [2.75, 3.05) is 20.3 Å². The fourth-order valence-electron chi connectivity index (χ4n) is 1.91. The number of rotatable bonds is 6. The van der Waals surface area contributed by atoms with Crippen LogP contribution in [0, 0.1) is 6.92 Å². The molecule has 1 aromatic rings. The van der Waals surface area contributed by atoms with Gasteiger partial charge in [0.1, 0.15) is 0 Å². The molecule has 0 amide bonds. The minimum Gasteiger partial charge on any atom is -0.384 e. The highest BCUT2D eigenvalue weighted by Gasteiger charge is 2.22. The maximum atomic E-state index is 5.30. The van der Waals surface area contributed by atoms with Gasteiger partial charge < -0.3 is 10.1 Å². The summed E-state index contributed by atoms with van der Waals surface area (Å²) in [6.45, 7) is 3.95. The Balaban J connectivity index is 1.95. The number of hydrogen-bond acceptors (Lipinski definition) is 2. The van der Waals surface area contributed by atoms with Crippen molar-refractivity contribution >= 4 is 0 Å². The van der Waals surface area contributed by atoms with E-state index in [9.17, 15) is 0 Å². The molecule has 2 heteroatoms. The van der Waals surface area contributed by atoms with Crippen molar-refractivity contribution in [3.63, 3.8) is 0 Å². The third kappa shape index (κ3) is 3.32. The SMILES string of the molecule is COCC(CNC1CC1)c1ccc(C)cc1. The summed E-state index contributed by atoms with van der Waals surface area (Å²) in [5, 5.41) is 3.57. The van der Waals surface area contributed by atoms with Crippen LogP contribution < -0.4 is 5.32 Å². The smallest absolute Gasteiger partial charge is 0.0543 e. The summed E-state index contributed by atoms with van der Waals surface area (Å²) in [7, 11) is 1.78. The summed E-state index contributed by atoms with van der Waals surface area (Å²) in [5.74, 6) is 0.478. The number of hydrogen-bond donors (Lipinski definition) is 1. The molecule has 0 spiro atoms.